The lowest BCUT2D eigenvalue weighted by molar-refractivity contribution is 0.201. The van der Waals surface area contributed by atoms with Crippen LogP contribution in [-0.4, -0.2) is 62.0 Å². The molecule has 2 heterocycles. The van der Waals surface area contributed by atoms with Gasteiger partial charge < -0.3 is 9.64 Å². The number of halogens is 2. The van der Waals surface area contributed by atoms with E-state index in [4.69, 9.17) is 4.74 Å². The van der Waals surface area contributed by atoms with Gasteiger partial charge in [0.25, 0.3) is 0 Å². The molecule has 1 aromatic heterocycles. The van der Waals surface area contributed by atoms with Crippen molar-refractivity contribution in [2.75, 3.05) is 44.8 Å². The lowest BCUT2D eigenvalue weighted by atomic mass is 10.3. The number of rotatable bonds is 6. The van der Waals surface area contributed by atoms with Crippen LogP contribution in [0.25, 0.3) is 0 Å². The highest BCUT2D eigenvalue weighted by molar-refractivity contribution is 7.89. The van der Waals surface area contributed by atoms with Crippen LogP contribution in [0.4, 0.5) is 13.9 Å². The molecule has 11 heteroatoms. The summed E-state index contributed by atoms with van der Waals surface area (Å²) in [5, 5.41) is 0.723. The highest BCUT2D eigenvalue weighted by atomic mass is 32.2. The van der Waals surface area contributed by atoms with Gasteiger partial charge in [0.05, 0.1) is 6.61 Å². The number of hydrogen-bond donors (Lipinski definition) is 0. The molecule has 0 bridgehead atoms. The molecule has 1 aliphatic heterocycles. The van der Waals surface area contributed by atoms with Crippen LogP contribution in [0.3, 0.4) is 0 Å². The molecule has 2 aromatic rings. The second kappa shape index (κ2) is 7.91. The fraction of sp³-hybridized carbons (Fsp3) is 0.467. The van der Waals surface area contributed by atoms with E-state index in [1.54, 1.807) is 7.11 Å². The molecule has 1 saturated heterocycles. The lowest BCUT2D eigenvalue weighted by Gasteiger charge is -2.33. The molecule has 0 atom stereocenters. The highest BCUT2D eigenvalue weighted by Gasteiger charge is 2.31. The van der Waals surface area contributed by atoms with Crippen molar-refractivity contribution in [3.8, 4) is 0 Å². The molecule has 3 rings (SSSR count). The van der Waals surface area contributed by atoms with E-state index in [0.29, 0.717) is 38.0 Å². The maximum absolute atomic E-state index is 13.9. The van der Waals surface area contributed by atoms with Crippen molar-refractivity contribution in [1.82, 2.24) is 13.7 Å². The minimum atomic E-state index is -4.01. The number of anilines is 1. The fourth-order valence-corrected chi connectivity index (χ4v) is 4.84. The number of hydrogen-bond acceptors (Lipinski definition) is 7. The van der Waals surface area contributed by atoms with Gasteiger partial charge in [-0.1, -0.05) is 0 Å². The number of nitrogens with zero attached hydrogens (tertiary/aromatic N) is 4. The smallest absolute Gasteiger partial charge is 0.246 e. The molecular formula is C15H18F2N4O3S2. The molecule has 0 spiro atoms. The van der Waals surface area contributed by atoms with E-state index in [2.05, 4.69) is 9.36 Å². The normalized spacial score (nSPS) is 16.2. The summed E-state index contributed by atoms with van der Waals surface area (Å²) in [5.74, 6) is -1.21. The zero-order valence-corrected chi connectivity index (χ0v) is 15.7. The van der Waals surface area contributed by atoms with Crippen molar-refractivity contribution in [2.24, 2.45) is 0 Å². The quantitative estimate of drug-likeness (QED) is 0.727. The van der Waals surface area contributed by atoms with Gasteiger partial charge in [0.15, 0.2) is 0 Å². The Morgan fingerprint density at radius 1 is 1.23 bits per heavy atom. The molecule has 26 heavy (non-hydrogen) atoms. The third kappa shape index (κ3) is 4.00. The van der Waals surface area contributed by atoms with E-state index < -0.39 is 26.6 Å². The number of aromatic nitrogens is 2. The molecule has 1 aromatic carbocycles. The number of benzene rings is 1. The van der Waals surface area contributed by atoms with Crippen molar-refractivity contribution >= 4 is 26.7 Å². The van der Waals surface area contributed by atoms with E-state index in [1.807, 2.05) is 4.90 Å². The molecule has 142 valence electrons. The van der Waals surface area contributed by atoms with E-state index in [9.17, 15) is 17.2 Å². The predicted molar refractivity (Wildman–Crippen MR) is 92.8 cm³/mol. The topological polar surface area (TPSA) is 75.6 Å². The molecule has 0 saturated carbocycles. The average Bonchev–Trinajstić information content (AvgIpc) is 3.08. The SMILES string of the molecule is COCCc1nsc(N2CCN(S(=O)(=O)c3ccc(F)cc3F)CC2)n1. The molecule has 0 radical (unpaired) electrons. The Labute approximate surface area is 154 Å². The number of methoxy groups -OCH3 is 1. The molecule has 0 aliphatic carbocycles. The van der Waals surface area contributed by atoms with Crippen LogP contribution >= 0.6 is 11.5 Å². The van der Waals surface area contributed by atoms with Gasteiger partial charge in [0.1, 0.15) is 22.4 Å². The first-order valence-electron chi connectivity index (χ1n) is 7.93. The summed E-state index contributed by atoms with van der Waals surface area (Å²) in [6, 6.07) is 2.47. The summed E-state index contributed by atoms with van der Waals surface area (Å²) >= 11 is 1.26. The molecular weight excluding hydrogens is 386 g/mol. The van der Waals surface area contributed by atoms with Crippen LogP contribution in [0.1, 0.15) is 5.82 Å². The van der Waals surface area contributed by atoms with Crippen LogP contribution < -0.4 is 4.90 Å². The zero-order chi connectivity index (χ0) is 18.7. The van der Waals surface area contributed by atoms with Gasteiger partial charge in [-0.05, 0) is 12.1 Å². The molecule has 0 unspecified atom stereocenters. The molecule has 1 aliphatic rings. The summed E-state index contributed by atoms with van der Waals surface area (Å²) in [5.41, 5.74) is 0. The van der Waals surface area contributed by atoms with Crippen molar-refractivity contribution in [2.45, 2.75) is 11.3 Å². The predicted octanol–water partition coefficient (Wildman–Crippen LogP) is 1.52. The summed E-state index contributed by atoms with van der Waals surface area (Å²) < 4.78 is 62.5. The Morgan fingerprint density at radius 2 is 1.96 bits per heavy atom. The minimum Gasteiger partial charge on any atom is -0.384 e. The van der Waals surface area contributed by atoms with Gasteiger partial charge in [0, 0.05) is 57.3 Å². The van der Waals surface area contributed by atoms with Gasteiger partial charge in [0.2, 0.25) is 15.2 Å². The largest absolute Gasteiger partial charge is 0.384 e. The summed E-state index contributed by atoms with van der Waals surface area (Å²) in [6.45, 7) is 1.74. The molecule has 1 fully saturated rings. The Bertz CT molecular complexity index is 868. The van der Waals surface area contributed by atoms with Gasteiger partial charge >= 0.3 is 0 Å². The summed E-state index contributed by atoms with van der Waals surface area (Å²) in [6.07, 6.45) is 0.616. The monoisotopic (exact) mass is 404 g/mol. The first-order chi connectivity index (χ1) is 12.4. The van der Waals surface area contributed by atoms with E-state index in [1.165, 1.54) is 15.8 Å². The van der Waals surface area contributed by atoms with Crippen molar-refractivity contribution < 1.29 is 21.9 Å². The second-order valence-corrected chi connectivity index (χ2v) is 8.34. The fourth-order valence-electron chi connectivity index (χ4n) is 2.61. The van der Waals surface area contributed by atoms with Gasteiger partial charge in [-0.2, -0.15) is 8.68 Å². The van der Waals surface area contributed by atoms with Crippen LogP contribution in [-0.2, 0) is 21.2 Å². The third-order valence-electron chi connectivity index (χ3n) is 4.01. The van der Waals surface area contributed by atoms with Gasteiger partial charge in [-0.25, -0.2) is 22.2 Å². The van der Waals surface area contributed by atoms with Crippen LogP contribution in [0, 0.1) is 11.6 Å². The zero-order valence-electron chi connectivity index (χ0n) is 14.1. The standard InChI is InChI=1S/C15H18F2N4O3S2/c1-24-9-4-14-18-15(25-19-14)20-5-7-21(8-6-20)26(22,23)13-3-2-11(16)10-12(13)17/h2-3,10H,4-9H2,1H3. The van der Waals surface area contributed by atoms with Crippen molar-refractivity contribution in [1.29, 1.82) is 0 Å². The maximum Gasteiger partial charge on any atom is 0.246 e. The number of ether oxygens (including phenoxy) is 1. The van der Waals surface area contributed by atoms with Gasteiger partial charge in [-0.3, -0.25) is 0 Å². The lowest BCUT2D eigenvalue weighted by Crippen LogP contribution is -2.48. The molecule has 0 amide bonds. The maximum atomic E-state index is 13.9. The van der Waals surface area contributed by atoms with Crippen LogP contribution in [0.5, 0.6) is 0 Å². The number of piperazine rings is 1. The minimum absolute atomic E-state index is 0.187. The number of sulfonamides is 1. The van der Waals surface area contributed by atoms with Crippen molar-refractivity contribution in [3.05, 3.63) is 35.7 Å². The first-order valence-corrected chi connectivity index (χ1v) is 10.1. The highest BCUT2D eigenvalue weighted by Crippen LogP contribution is 2.24. The van der Waals surface area contributed by atoms with E-state index in [-0.39, 0.29) is 13.1 Å². The molecule has 7 nitrogen and oxygen atoms in total. The summed E-state index contributed by atoms with van der Waals surface area (Å²) in [7, 11) is -2.40. The second-order valence-electron chi connectivity index (χ2n) is 5.70. The van der Waals surface area contributed by atoms with Gasteiger partial charge in [-0.15, -0.1) is 0 Å². The third-order valence-corrected chi connectivity index (χ3v) is 6.75. The van der Waals surface area contributed by atoms with E-state index >= 15 is 0 Å². The van der Waals surface area contributed by atoms with Crippen molar-refractivity contribution in [3.63, 3.8) is 0 Å². The Kier molecular flexibility index (Phi) is 5.80. The van der Waals surface area contributed by atoms with Crippen LogP contribution in [0.15, 0.2) is 23.1 Å². The Balaban J connectivity index is 1.67. The Hall–Kier alpha value is -1.69. The first kappa shape index (κ1) is 19.1. The Morgan fingerprint density at radius 3 is 2.62 bits per heavy atom. The average molecular weight is 404 g/mol. The van der Waals surface area contributed by atoms with Crippen LogP contribution in [0.2, 0.25) is 0 Å². The molecule has 0 N–H and O–H groups in total. The summed E-state index contributed by atoms with van der Waals surface area (Å²) in [4.78, 5) is 5.86. The van der Waals surface area contributed by atoms with E-state index in [0.717, 1.165) is 17.3 Å².